The van der Waals surface area contributed by atoms with E-state index in [1.807, 2.05) is 65.8 Å². The Labute approximate surface area is 164 Å². The van der Waals surface area contributed by atoms with Gasteiger partial charge >= 0.3 is 0 Å². The van der Waals surface area contributed by atoms with Crippen LogP contribution in [-0.2, 0) is 11.3 Å². The molecule has 28 heavy (non-hydrogen) atoms. The highest BCUT2D eigenvalue weighted by atomic mass is 16.2. The minimum absolute atomic E-state index is 0.0468. The van der Waals surface area contributed by atoms with Crippen LogP contribution in [0.15, 0.2) is 35.3 Å². The molecule has 0 N–H and O–H groups in total. The average molecular weight is 381 g/mol. The SMILES string of the molecule is Cc1ccccc1-n1ncc2c(C)nn(CC(=O)N(C(C)C)C(C)C)c(=O)c21. The summed E-state index contributed by atoms with van der Waals surface area (Å²) in [6.45, 7) is 11.6. The van der Waals surface area contributed by atoms with Crippen molar-refractivity contribution in [1.82, 2.24) is 24.5 Å². The summed E-state index contributed by atoms with van der Waals surface area (Å²) in [5, 5.41) is 9.50. The highest BCUT2D eigenvalue weighted by molar-refractivity contribution is 5.82. The number of hydrogen-bond acceptors (Lipinski definition) is 4. The zero-order valence-corrected chi connectivity index (χ0v) is 17.3. The zero-order chi connectivity index (χ0) is 20.6. The summed E-state index contributed by atoms with van der Waals surface area (Å²) < 4.78 is 2.90. The highest BCUT2D eigenvalue weighted by Gasteiger charge is 2.23. The van der Waals surface area contributed by atoms with E-state index in [0.29, 0.717) is 16.6 Å². The summed E-state index contributed by atoms with van der Waals surface area (Å²) in [5.41, 5.74) is 2.64. The second kappa shape index (κ2) is 7.58. The summed E-state index contributed by atoms with van der Waals surface area (Å²) in [4.78, 5) is 27.8. The lowest BCUT2D eigenvalue weighted by Crippen LogP contribution is -2.45. The number of hydrogen-bond donors (Lipinski definition) is 0. The third-order valence-electron chi connectivity index (χ3n) is 4.90. The van der Waals surface area contributed by atoms with Crippen molar-refractivity contribution in [1.29, 1.82) is 0 Å². The van der Waals surface area contributed by atoms with E-state index in [4.69, 9.17) is 0 Å². The molecule has 0 saturated carbocycles. The predicted molar refractivity (Wildman–Crippen MR) is 110 cm³/mol. The van der Waals surface area contributed by atoms with Crippen molar-refractivity contribution >= 4 is 16.8 Å². The Morgan fingerprint density at radius 3 is 2.36 bits per heavy atom. The summed E-state index contributed by atoms with van der Waals surface area (Å²) in [6.07, 6.45) is 1.66. The number of para-hydroxylation sites is 1. The van der Waals surface area contributed by atoms with Gasteiger partial charge in [-0.15, -0.1) is 0 Å². The van der Waals surface area contributed by atoms with Gasteiger partial charge in [-0.05, 0) is 53.2 Å². The van der Waals surface area contributed by atoms with Crippen molar-refractivity contribution in [3.8, 4) is 5.69 Å². The van der Waals surface area contributed by atoms with Crippen LogP contribution in [0.3, 0.4) is 0 Å². The molecule has 3 aromatic rings. The van der Waals surface area contributed by atoms with Crippen molar-refractivity contribution in [3.63, 3.8) is 0 Å². The molecule has 0 atom stereocenters. The molecule has 0 bridgehead atoms. The van der Waals surface area contributed by atoms with Crippen molar-refractivity contribution in [2.24, 2.45) is 0 Å². The zero-order valence-electron chi connectivity index (χ0n) is 17.3. The molecule has 1 aromatic carbocycles. The van der Waals surface area contributed by atoms with E-state index in [-0.39, 0.29) is 30.1 Å². The molecule has 0 fully saturated rings. The van der Waals surface area contributed by atoms with E-state index < -0.39 is 0 Å². The number of fused-ring (bicyclic) bond motifs is 1. The molecule has 2 aromatic heterocycles. The van der Waals surface area contributed by atoms with E-state index in [1.54, 1.807) is 15.8 Å². The van der Waals surface area contributed by atoms with Crippen LogP contribution in [-0.4, -0.2) is 42.5 Å². The first-order chi connectivity index (χ1) is 13.2. The minimum Gasteiger partial charge on any atom is -0.336 e. The van der Waals surface area contributed by atoms with Gasteiger partial charge in [0.05, 0.1) is 17.6 Å². The predicted octanol–water partition coefficient (Wildman–Crippen LogP) is 2.84. The van der Waals surface area contributed by atoms with Crippen molar-refractivity contribution in [3.05, 3.63) is 52.1 Å². The lowest BCUT2D eigenvalue weighted by atomic mass is 10.2. The van der Waals surface area contributed by atoms with Gasteiger partial charge in [-0.2, -0.15) is 10.2 Å². The maximum Gasteiger partial charge on any atom is 0.293 e. The molecule has 3 rings (SSSR count). The van der Waals surface area contributed by atoms with Crippen LogP contribution < -0.4 is 5.56 Å². The molecule has 0 saturated heterocycles. The number of carbonyl (C=O) groups is 1. The molecule has 7 heteroatoms. The van der Waals surface area contributed by atoms with E-state index in [0.717, 1.165) is 11.3 Å². The molecular weight excluding hydrogens is 354 g/mol. The topological polar surface area (TPSA) is 73.0 Å². The van der Waals surface area contributed by atoms with Crippen LogP contribution in [0.2, 0.25) is 0 Å². The van der Waals surface area contributed by atoms with Crippen molar-refractivity contribution < 1.29 is 4.79 Å². The van der Waals surface area contributed by atoms with Crippen LogP contribution in [0.1, 0.15) is 39.0 Å². The summed E-state index contributed by atoms with van der Waals surface area (Å²) in [5.74, 6) is -0.125. The van der Waals surface area contributed by atoms with Gasteiger partial charge < -0.3 is 4.90 Å². The Bertz CT molecular complexity index is 1070. The van der Waals surface area contributed by atoms with Crippen molar-refractivity contribution in [2.45, 2.75) is 60.2 Å². The third kappa shape index (κ3) is 3.44. The van der Waals surface area contributed by atoms with Crippen LogP contribution in [0.5, 0.6) is 0 Å². The van der Waals surface area contributed by atoms with Gasteiger partial charge in [0.1, 0.15) is 12.1 Å². The Morgan fingerprint density at radius 2 is 1.75 bits per heavy atom. The first-order valence-corrected chi connectivity index (χ1v) is 9.55. The molecule has 0 unspecified atom stereocenters. The largest absolute Gasteiger partial charge is 0.336 e. The number of rotatable bonds is 5. The molecule has 7 nitrogen and oxygen atoms in total. The molecule has 0 aliphatic rings. The fourth-order valence-corrected chi connectivity index (χ4v) is 3.69. The number of carbonyl (C=O) groups excluding carboxylic acids is 1. The fraction of sp³-hybridized carbons (Fsp3) is 0.429. The molecule has 0 aliphatic heterocycles. The summed E-state index contributed by atoms with van der Waals surface area (Å²) >= 11 is 0. The van der Waals surface area contributed by atoms with Crippen LogP contribution in [0, 0.1) is 13.8 Å². The van der Waals surface area contributed by atoms with Gasteiger partial charge in [-0.1, -0.05) is 18.2 Å². The fourth-order valence-electron chi connectivity index (χ4n) is 3.69. The highest BCUT2D eigenvalue weighted by Crippen LogP contribution is 2.19. The maximum absolute atomic E-state index is 13.2. The third-order valence-corrected chi connectivity index (χ3v) is 4.90. The average Bonchev–Trinajstić information content (AvgIpc) is 3.04. The molecule has 1 amide bonds. The Balaban J connectivity index is 2.12. The monoisotopic (exact) mass is 381 g/mol. The van der Waals surface area contributed by atoms with Gasteiger partial charge in [-0.25, -0.2) is 9.36 Å². The first kappa shape index (κ1) is 19.8. The van der Waals surface area contributed by atoms with E-state index in [2.05, 4.69) is 10.2 Å². The minimum atomic E-state index is -0.317. The number of nitrogens with zero attached hydrogens (tertiary/aromatic N) is 5. The summed E-state index contributed by atoms with van der Waals surface area (Å²) in [7, 11) is 0. The van der Waals surface area contributed by atoms with Crippen molar-refractivity contribution in [2.75, 3.05) is 0 Å². The lowest BCUT2D eigenvalue weighted by Gasteiger charge is -2.30. The van der Waals surface area contributed by atoms with Crippen LogP contribution >= 0.6 is 0 Å². The standard InChI is InChI=1S/C21H27N5O2/c1-13(2)25(14(3)4)19(27)12-24-21(28)20-17(16(6)23-24)11-22-26(20)18-10-8-7-9-15(18)5/h7-11,13-14H,12H2,1-6H3. The van der Waals surface area contributed by atoms with E-state index >= 15 is 0 Å². The molecule has 0 aliphatic carbocycles. The normalized spacial score (nSPS) is 11.6. The van der Waals surface area contributed by atoms with Gasteiger partial charge in [0.15, 0.2) is 0 Å². The Kier molecular flexibility index (Phi) is 5.36. The van der Waals surface area contributed by atoms with E-state index in [1.165, 1.54) is 4.68 Å². The van der Waals surface area contributed by atoms with Gasteiger partial charge in [0, 0.05) is 17.5 Å². The molecule has 0 spiro atoms. The summed E-state index contributed by atoms with van der Waals surface area (Å²) in [6, 6.07) is 7.85. The van der Waals surface area contributed by atoms with Crippen LogP contribution in [0.25, 0.3) is 16.6 Å². The van der Waals surface area contributed by atoms with E-state index in [9.17, 15) is 9.59 Å². The number of benzene rings is 1. The first-order valence-electron chi connectivity index (χ1n) is 9.55. The number of aryl methyl sites for hydroxylation is 2. The lowest BCUT2D eigenvalue weighted by molar-refractivity contribution is -0.135. The Morgan fingerprint density at radius 1 is 1.11 bits per heavy atom. The quantitative estimate of drug-likeness (QED) is 0.681. The van der Waals surface area contributed by atoms with Gasteiger partial charge in [-0.3, -0.25) is 9.59 Å². The van der Waals surface area contributed by atoms with Gasteiger partial charge in [0.2, 0.25) is 5.91 Å². The Hall–Kier alpha value is -2.96. The molecular formula is C21H27N5O2. The number of amides is 1. The smallest absolute Gasteiger partial charge is 0.293 e. The second-order valence-electron chi connectivity index (χ2n) is 7.64. The van der Waals surface area contributed by atoms with Gasteiger partial charge in [0.25, 0.3) is 5.56 Å². The second-order valence-corrected chi connectivity index (χ2v) is 7.64. The molecule has 148 valence electrons. The maximum atomic E-state index is 13.2. The molecule has 0 radical (unpaired) electrons. The number of aromatic nitrogens is 4. The van der Waals surface area contributed by atoms with Crippen LogP contribution in [0.4, 0.5) is 0 Å². The molecule has 2 heterocycles.